The summed E-state index contributed by atoms with van der Waals surface area (Å²) in [4.78, 5) is 33.8. The molecule has 1 N–H and O–H groups in total. The summed E-state index contributed by atoms with van der Waals surface area (Å²) in [5.74, 6) is 0.785. The average molecular weight is 534 g/mol. The van der Waals surface area contributed by atoms with Crippen molar-refractivity contribution in [3.63, 3.8) is 0 Å². The maximum atomic E-state index is 12.7. The molecule has 0 aliphatic heterocycles. The van der Waals surface area contributed by atoms with Crippen molar-refractivity contribution in [1.29, 1.82) is 0 Å². The fraction of sp³-hybridized carbons (Fsp3) is 0.0417. The van der Waals surface area contributed by atoms with E-state index in [0.717, 1.165) is 15.6 Å². The van der Waals surface area contributed by atoms with E-state index in [-0.39, 0.29) is 18.1 Å². The Labute approximate surface area is 205 Å². The molecule has 1 amide bonds. The molecule has 5 rings (SSSR count). The minimum atomic E-state index is -0.255. The SMILES string of the molecule is O=C(COc1ccc(/C=c2\sc3nc(-c4ccncc4)nn3c2=O)cc1)Nc1ccc(Br)cc1. The third-order valence-electron chi connectivity index (χ3n) is 4.80. The van der Waals surface area contributed by atoms with E-state index in [1.165, 1.54) is 15.9 Å². The van der Waals surface area contributed by atoms with Gasteiger partial charge in [0.1, 0.15) is 5.75 Å². The minimum absolute atomic E-state index is 0.114. The number of aromatic nitrogens is 4. The van der Waals surface area contributed by atoms with E-state index in [2.05, 4.69) is 36.3 Å². The Bertz CT molecular complexity index is 1570. The van der Waals surface area contributed by atoms with Gasteiger partial charge in [0.05, 0.1) is 4.53 Å². The summed E-state index contributed by atoms with van der Waals surface area (Å²) in [6.07, 6.45) is 5.09. The molecule has 10 heteroatoms. The Morgan fingerprint density at radius 1 is 1.06 bits per heavy atom. The molecule has 0 unspecified atom stereocenters. The van der Waals surface area contributed by atoms with E-state index >= 15 is 0 Å². The van der Waals surface area contributed by atoms with E-state index < -0.39 is 0 Å². The van der Waals surface area contributed by atoms with Gasteiger partial charge in [-0.1, -0.05) is 39.4 Å². The Kier molecular flexibility index (Phi) is 6.15. The van der Waals surface area contributed by atoms with Crippen LogP contribution in [0.1, 0.15) is 5.56 Å². The van der Waals surface area contributed by atoms with Crippen molar-refractivity contribution in [1.82, 2.24) is 19.6 Å². The lowest BCUT2D eigenvalue weighted by Gasteiger charge is -2.08. The molecule has 34 heavy (non-hydrogen) atoms. The fourth-order valence-electron chi connectivity index (χ4n) is 3.15. The van der Waals surface area contributed by atoms with E-state index in [9.17, 15) is 9.59 Å². The van der Waals surface area contributed by atoms with Crippen molar-refractivity contribution in [2.45, 2.75) is 0 Å². The molecule has 0 fully saturated rings. The molecule has 168 valence electrons. The van der Waals surface area contributed by atoms with Crippen molar-refractivity contribution in [3.05, 3.63) is 98.0 Å². The van der Waals surface area contributed by atoms with Gasteiger partial charge in [-0.05, 0) is 60.2 Å². The highest BCUT2D eigenvalue weighted by Crippen LogP contribution is 2.17. The van der Waals surface area contributed by atoms with Crippen LogP contribution < -0.4 is 20.1 Å². The largest absolute Gasteiger partial charge is 0.484 e. The molecule has 3 heterocycles. The Morgan fingerprint density at radius 2 is 1.79 bits per heavy atom. The molecule has 2 aromatic carbocycles. The zero-order valence-electron chi connectivity index (χ0n) is 17.5. The zero-order chi connectivity index (χ0) is 23.5. The first-order valence-electron chi connectivity index (χ1n) is 10.2. The highest BCUT2D eigenvalue weighted by Gasteiger charge is 2.12. The molecule has 0 spiro atoms. The van der Waals surface area contributed by atoms with Gasteiger partial charge in [0, 0.05) is 28.1 Å². The van der Waals surface area contributed by atoms with Gasteiger partial charge < -0.3 is 10.1 Å². The summed E-state index contributed by atoms with van der Waals surface area (Å²) >= 11 is 4.63. The number of benzene rings is 2. The van der Waals surface area contributed by atoms with Crippen molar-refractivity contribution in [2.24, 2.45) is 0 Å². The topological polar surface area (TPSA) is 98.5 Å². The summed E-state index contributed by atoms with van der Waals surface area (Å²) in [7, 11) is 0. The van der Waals surface area contributed by atoms with Crippen molar-refractivity contribution >= 4 is 49.9 Å². The Balaban J connectivity index is 1.26. The molecule has 0 radical (unpaired) electrons. The second kappa shape index (κ2) is 9.54. The third kappa shape index (κ3) is 4.87. The van der Waals surface area contributed by atoms with E-state index in [4.69, 9.17) is 4.74 Å². The Morgan fingerprint density at radius 3 is 2.50 bits per heavy atom. The quantitative estimate of drug-likeness (QED) is 0.358. The van der Waals surface area contributed by atoms with Crippen LogP contribution in [0.15, 0.2) is 82.3 Å². The summed E-state index contributed by atoms with van der Waals surface area (Å²) in [5, 5.41) is 7.10. The maximum absolute atomic E-state index is 12.7. The van der Waals surface area contributed by atoms with Gasteiger partial charge in [0.25, 0.3) is 11.5 Å². The van der Waals surface area contributed by atoms with Crippen LogP contribution in [0, 0.1) is 0 Å². The summed E-state index contributed by atoms with van der Waals surface area (Å²) in [6, 6.07) is 18.0. The standard InChI is InChI=1S/C24H16BrN5O3S/c25-17-3-5-18(6-4-17)27-21(31)14-33-19-7-1-15(2-8-19)13-20-23(32)30-24(34-20)28-22(29-30)16-9-11-26-12-10-16/h1-13H,14H2,(H,27,31)/b20-13-. The molecule has 3 aromatic heterocycles. The van der Waals surface area contributed by atoms with Gasteiger partial charge in [-0.3, -0.25) is 14.6 Å². The van der Waals surface area contributed by atoms with Gasteiger partial charge in [-0.15, -0.1) is 5.10 Å². The van der Waals surface area contributed by atoms with E-state index in [1.54, 1.807) is 54.9 Å². The number of halogens is 1. The summed E-state index contributed by atoms with van der Waals surface area (Å²) < 4.78 is 8.34. The number of carbonyl (C=O) groups excluding carboxylic acids is 1. The molecule has 5 aromatic rings. The van der Waals surface area contributed by atoms with Gasteiger partial charge >= 0.3 is 0 Å². The van der Waals surface area contributed by atoms with E-state index in [1.807, 2.05) is 24.3 Å². The first kappa shape index (κ1) is 21.9. The monoisotopic (exact) mass is 533 g/mol. The smallest absolute Gasteiger partial charge is 0.291 e. The number of nitrogens with zero attached hydrogens (tertiary/aromatic N) is 4. The number of fused-ring (bicyclic) bond motifs is 1. The third-order valence-corrected chi connectivity index (χ3v) is 6.28. The van der Waals surface area contributed by atoms with Crippen molar-refractivity contribution in [2.75, 3.05) is 11.9 Å². The van der Waals surface area contributed by atoms with Crippen LogP contribution in [0.4, 0.5) is 5.69 Å². The van der Waals surface area contributed by atoms with Crippen LogP contribution >= 0.6 is 27.3 Å². The summed E-state index contributed by atoms with van der Waals surface area (Å²) in [5.41, 5.74) is 2.09. The van der Waals surface area contributed by atoms with Crippen LogP contribution in [0.25, 0.3) is 22.4 Å². The number of hydrogen-bond donors (Lipinski definition) is 1. The molecule has 0 atom stereocenters. The molecule has 0 aliphatic carbocycles. The molecule has 8 nitrogen and oxygen atoms in total. The van der Waals surface area contributed by atoms with Crippen LogP contribution in [0.2, 0.25) is 0 Å². The number of amides is 1. The number of carbonyl (C=O) groups is 1. The molecule has 0 bridgehead atoms. The fourth-order valence-corrected chi connectivity index (χ4v) is 4.32. The number of pyridine rings is 1. The van der Waals surface area contributed by atoms with Gasteiger partial charge in [-0.25, -0.2) is 0 Å². The lowest BCUT2D eigenvalue weighted by molar-refractivity contribution is -0.118. The molecular formula is C24H16BrN5O3S. The molecule has 0 saturated heterocycles. The molecule has 0 aliphatic rings. The number of nitrogens with one attached hydrogen (secondary N) is 1. The second-order valence-electron chi connectivity index (χ2n) is 7.19. The predicted molar refractivity (Wildman–Crippen MR) is 134 cm³/mol. The molecule has 0 saturated carbocycles. The lowest BCUT2D eigenvalue weighted by atomic mass is 10.2. The first-order valence-corrected chi connectivity index (χ1v) is 11.8. The minimum Gasteiger partial charge on any atom is -0.484 e. The number of hydrogen-bond acceptors (Lipinski definition) is 7. The van der Waals surface area contributed by atoms with Crippen LogP contribution in [-0.4, -0.2) is 32.1 Å². The van der Waals surface area contributed by atoms with Crippen molar-refractivity contribution in [3.8, 4) is 17.1 Å². The second-order valence-corrected chi connectivity index (χ2v) is 9.12. The average Bonchev–Trinajstić information content (AvgIpc) is 3.40. The van der Waals surface area contributed by atoms with E-state index in [0.29, 0.717) is 26.8 Å². The number of thiazole rings is 1. The predicted octanol–water partition coefficient (Wildman–Crippen LogP) is 3.54. The van der Waals surface area contributed by atoms with Gasteiger partial charge in [-0.2, -0.15) is 9.50 Å². The normalized spacial score (nSPS) is 11.6. The lowest BCUT2D eigenvalue weighted by Crippen LogP contribution is -2.23. The first-order chi connectivity index (χ1) is 16.5. The van der Waals surface area contributed by atoms with Crippen LogP contribution in [0.3, 0.4) is 0 Å². The highest BCUT2D eigenvalue weighted by molar-refractivity contribution is 9.10. The van der Waals surface area contributed by atoms with Crippen LogP contribution in [-0.2, 0) is 4.79 Å². The number of ether oxygens (including phenoxy) is 1. The van der Waals surface area contributed by atoms with Gasteiger partial charge in [0.2, 0.25) is 4.96 Å². The highest BCUT2D eigenvalue weighted by atomic mass is 79.9. The van der Waals surface area contributed by atoms with Gasteiger partial charge in [0.15, 0.2) is 12.4 Å². The Hall–Kier alpha value is -3.89. The van der Waals surface area contributed by atoms with Crippen molar-refractivity contribution < 1.29 is 9.53 Å². The molecular weight excluding hydrogens is 518 g/mol. The number of anilines is 1. The zero-order valence-corrected chi connectivity index (χ0v) is 19.9. The number of rotatable bonds is 6. The maximum Gasteiger partial charge on any atom is 0.291 e. The summed E-state index contributed by atoms with van der Waals surface area (Å²) in [6.45, 7) is -0.114. The van der Waals surface area contributed by atoms with Crippen LogP contribution in [0.5, 0.6) is 5.75 Å².